The molecule has 0 aromatic heterocycles. The first-order valence-electron chi connectivity index (χ1n) is 7.54. The van der Waals surface area contributed by atoms with E-state index in [-0.39, 0.29) is 11.9 Å². The SMILES string of the molecule is CCN(CC)c1ccc(N2CCCC(NC)C2=O)cc1. The second-order valence-corrected chi connectivity index (χ2v) is 5.16. The zero-order chi connectivity index (χ0) is 14.5. The van der Waals surface area contributed by atoms with Gasteiger partial charge in [-0.1, -0.05) is 0 Å². The highest BCUT2D eigenvalue weighted by Crippen LogP contribution is 2.24. The molecule has 4 heteroatoms. The average molecular weight is 275 g/mol. The zero-order valence-corrected chi connectivity index (χ0v) is 12.7. The molecule has 4 nitrogen and oxygen atoms in total. The lowest BCUT2D eigenvalue weighted by Gasteiger charge is -2.32. The molecule has 0 saturated carbocycles. The molecule has 1 aliphatic heterocycles. The van der Waals surface area contributed by atoms with Crippen LogP contribution in [0.4, 0.5) is 11.4 Å². The Bertz CT molecular complexity index is 440. The summed E-state index contributed by atoms with van der Waals surface area (Å²) >= 11 is 0. The van der Waals surface area contributed by atoms with Gasteiger partial charge < -0.3 is 15.1 Å². The van der Waals surface area contributed by atoms with Gasteiger partial charge in [-0.3, -0.25) is 4.79 Å². The number of piperidine rings is 1. The maximum absolute atomic E-state index is 12.3. The van der Waals surface area contributed by atoms with Crippen LogP contribution < -0.4 is 15.1 Å². The molecule has 1 aromatic rings. The van der Waals surface area contributed by atoms with Crippen LogP contribution in [-0.4, -0.2) is 38.6 Å². The van der Waals surface area contributed by atoms with Gasteiger partial charge >= 0.3 is 0 Å². The Morgan fingerprint density at radius 1 is 1.25 bits per heavy atom. The lowest BCUT2D eigenvalue weighted by Crippen LogP contribution is -2.49. The van der Waals surface area contributed by atoms with Crippen molar-refractivity contribution in [2.24, 2.45) is 0 Å². The van der Waals surface area contributed by atoms with E-state index in [4.69, 9.17) is 0 Å². The standard InChI is InChI=1S/C16H25N3O/c1-4-18(5-2)13-8-10-14(11-9-13)19-12-6-7-15(17-3)16(19)20/h8-11,15,17H,4-7,12H2,1-3H3. The molecule has 1 fully saturated rings. The number of benzene rings is 1. The first kappa shape index (κ1) is 14.9. The predicted molar refractivity (Wildman–Crippen MR) is 84.4 cm³/mol. The fourth-order valence-electron chi connectivity index (χ4n) is 2.83. The molecule has 2 rings (SSSR count). The van der Waals surface area contributed by atoms with Crippen molar-refractivity contribution in [3.8, 4) is 0 Å². The molecule has 0 bridgehead atoms. The third-order valence-corrected chi connectivity index (χ3v) is 4.08. The van der Waals surface area contributed by atoms with Crippen molar-refractivity contribution in [1.29, 1.82) is 0 Å². The molecular formula is C16H25N3O. The molecule has 20 heavy (non-hydrogen) atoms. The van der Waals surface area contributed by atoms with Gasteiger partial charge in [0.15, 0.2) is 0 Å². The normalized spacial score (nSPS) is 19.2. The molecule has 1 aliphatic rings. The topological polar surface area (TPSA) is 35.6 Å². The number of likely N-dealkylation sites (N-methyl/N-ethyl adjacent to an activating group) is 1. The summed E-state index contributed by atoms with van der Waals surface area (Å²) in [6.07, 6.45) is 1.98. The fraction of sp³-hybridized carbons (Fsp3) is 0.562. The molecule has 1 unspecified atom stereocenters. The summed E-state index contributed by atoms with van der Waals surface area (Å²) in [5, 5.41) is 3.10. The van der Waals surface area contributed by atoms with Crippen molar-refractivity contribution >= 4 is 17.3 Å². The van der Waals surface area contributed by atoms with E-state index in [1.165, 1.54) is 5.69 Å². The van der Waals surface area contributed by atoms with Crippen LogP contribution >= 0.6 is 0 Å². The Morgan fingerprint density at radius 3 is 2.45 bits per heavy atom. The highest BCUT2D eigenvalue weighted by Gasteiger charge is 2.28. The van der Waals surface area contributed by atoms with Gasteiger partial charge in [0.1, 0.15) is 0 Å². The molecule has 1 amide bonds. The van der Waals surface area contributed by atoms with Crippen molar-refractivity contribution in [2.45, 2.75) is 32.7 Å². The molecule has 110 valence electrons. The van der Waals surface area contributed by atoms with Crippen LogP contribution in [0, 0.1) is 0 Å². The molecule has 0 aliphatic carbocycles. The number of hydrogen-bond donors (Lipinski definition) is 1. The van der Waals surface area contributed by atoms with Gasteiger partial charge in [0, 0.05) is 31.0 Å². The van der Waals surface area contributed by atoms with Crippen LogP contribution in [0.15, 0.2) is 24.3 Å². The third kappa shape index (κ3) is 2.96. The lowest BCUT2D eigenvalue weighted by atomic mass is 10.0. The van der Waals surface area contributed by atoms with E-state index in [0.717, 1.165) is 38.2 Å². The number of anilines is 2. The van der Waals surface area contributed by atoms with Crippen LogP contribution in [0.1, 0.15) is 26.7 Å². The van der Waals surface area contributed by atoms with Crippen LogP contribution in [0.5, 0.6) is 0 Å². The van der Waals surface area contributed by atoms with Crippen LogP contribution in [0.2, 0.25) is 0 Å². The van der Waals surface area contributed by atoms with Gasteiger partial charge in [-0.25, -0.2) is 0 Å². The number of rotatable bonds is 5. The first-order valence-corrected chi connectivity index (χ1v) is 7.54. The number of nitrogens with zero attached hydrogens (tertiary/aromatic N) is 2. The summed E-state index contributed by atoms with van der Waals surface area (Å²) in [6, 6.07) is 8.30. The van der Waals surface area contributed by atoms with Crippen molar-refractivity contribution in [3.05, 3.63) is 24.3 Å². The van der Waals surface area contributed by atoms with Crippen LogP contribution in [0.25, 0.3) is 0 Å². The van der Waals surface area contributed by atoms with E-state index >= 15 is 0 Å². The van der Waals surface area contributed by atoms with Gasteiger partial charge in [0.05, 0.1) is 6.04 Å². The molecule has 0 radical (unpaired) electrons. The fourth-order valence-corrected chi connectivity index (χ4v) is 2.83. The summed E-state index contributed by atoms with van der Waals surface area (Å²) in [6.45, 7) is 7.13. The number of hydrogen-bond acceptors (Lipinski definition) is 3. The molecule has 1 atom stereocenters. The molecular weight excluding hydrogens is 250 g/mol. The van der Waals surface area contributed by atoms with E-state index in [2.05, 4.69) is 48.3 Å². The minimum absolute atomic E-state index is 0.0359. The number of amides is 1. The van der Waals surface area contributed by atoms with Gasteiger partial charge in [0.25, 0.3) is 0 Å². The van der Waals surface area contributed by atoms with Crippen molar-refractivity contribution in [3.63, 3.8) is 0 Å². The summed E-state index contributed by atoms with van der Waals surface area (Å²) in [5.41, 5.74) is 2.22. The Balaban J connectivity index is 2.15. The second kappa shape index (κ2) is 6.75. The van der Waals surface area contributed by atoms with Crippen molar-refractivity contribution in [2.75, 3.05) is 36.5 Å². The van der Waals surface area contributed by atoms with Crippen LogP contribution in [0.3, 0.4) is 0 Å². The zero-order valence-electron chi connectivity index (χ0n) is 12.7. The third-order valence-electron chi connectivity index (χ3n) is 4.08. The lowest BCUT2D eigenvalue weighted by molar-refractivity contribution is -0.121. The Hall–Kier alpha value is -1.55. The number of carbonyl (C=O) groups is 1. The number of nitrogens with one attached hydrogen (secondary N) is 1. The maximum atomic E-state index is 12.3. The minimum atomic E-state index is -0.0359. The largest absolute Gasteiger partial charge is 0.372 e. The summed E-state index contributed by atoms with van der Waals surface area (Å²) in [4.78, 5) is 16.5. The smallest absolute Gasteiger partial charge is 0.244 e. The first-order chi connectivity index (χ1) is 9.71. The maximum Gasteiger partial charge on any atom is 0.244 e. The van der Waals surface area contributed by atoms with Crippen LogP contribution in [-0.2, 0) is 4.79 Å². The van der Waals surface area contributed by atoms with Gasteiger partial charge in [0.2, 0.25) is 5.91 Å². The molecule has 1 heterocycles. The Kier molecular flexibility index (Phi) is 5.01. The minimum Gasteiger partial charge on any atom is -0.372 e. The van der Waals surface area contributed by atoms with Crippen molar-refractivity contribution < 1.29 is 4.79 Å². The highest BCUT2D eigenvalue weighted by atomic mass is 16.2. The molecule has 1 N–H and O–H groups in total. The van der Waals surface area contributed by atoms with Gasteiger partial charge in [-0.2, -0.15) is 0 Å². The monoisotopic (exact) mass is 275 g/mol. The van der Waals surface area contributed by atoms with Gasteiger partial charge in [-0.05, 0) is 58.0 Å². The second-order valence-electron chi connectivity index (χ2n) is 5.16. The molecule has 0 spiro atoms. The van der Waals surface area contributed by atoms with E-state index in [1.54, 1.807) is 0 Å². The highest BCUT2D eigenvalue weighted by molar-refractivity contribution is 5.98. The van der Waals surface area contributed by atoms with E-state index < -0.39 is 0 Å². The summed E-state index contributed by atoms with van der Waals surface area (Å²) < 4.78 is 0. The number of carbonyl (C=O) groups excluding carboxylic acids is 1. The van der Waals surface area contributed by atoms with E-state index in [9.17, 15) is 4.79 Å². The Labute approximate surface area is 121 Å². The average Bonchev–Trinajstić information content (AvgIpc) is 2.50. The van der Waals surface area contributed by atoms with E-state index in [0.29, 0.717) is 0 Å². The molecule has 1 aromatic carbocycles. The molecule has 1 saturated heterocycles. The van der Waals surface area contributed by atoms with E-state index in [1.807, 2.05) is 11.9 Å². The summed E-state index contributed by atoms with van der Waals surface area (Å²) in [5.74, 6) is 0.189. The predicted octanol–water partition coefficient (Wildman–Crippen LogP) is 2.25. The van der Waals surface area contributed by atoms with Gasteiger partial charge in [-0.15, -0.1) is 0 Å². The summed E-state index contributed by atoms with van der Waals surface area (Å²) in [7, 11) is 1.86. The quantitative estimate of drug-likeness (QED) is 0.895. The van der Waals surface area contributed by atoms with Crippen molar-refractivity contribution in [1.82, 2.24) is 5.32 Å². The Morgan fingerprint density at radius 2 is 1.90 bits per heavy atom.